The highest BCUT2D eigenvalue weighted by Crippen LogP contribution is 2.00. The normalized spacial score (nSPS) is 12.1. The number of amides is 1. The van der Waals surface area contributed by atoms with Crippen molar-refractivity contribution >= 4 is 5.91 Å². The Bertz CT molecular complexity index is 398. The second kappa shape index (κ2) is 6.10. The van der Waals surface area contributed by atoms with Crippen LogP contribution in [0.25, 0.3) is 0 Å². The van der Waals surface area contributed by atoms with E-state index in [0.29, 0.717) is 5.69 Å². The highest BCUT2D eigenvalue weighted by molar-refractivity contribution is 5.92. The van der Waals surface area contributed by atoms with Gasteiger partial charge in [-0.2, -0.15) is 0 Å². The Morgan fingerprint density at radius 2 is 2.25 bits per heavy atom. The Hall–Kier alpha value is -1.58. The van der Waals surface area contributed by atoms with E-state index in [4.69, 9.17) is 0 Å². The fourth-order valence-corrected chi connectivity index (χ4v) is 1.46. The van der Waals surface area contributed by atoms with Crippen LogP contribution in [-0.4, -0.2) is 16.9 Å². The first-order valence-corrected chi connectivity index (χ1v) is 5.63. The molecule has 0 saturated heterocycles. The number of rotatable bonds is 5. The molecule has 1 rings (SSSR count). The van der Waals surface area contributed by atoms with Gasteiger partial charge in [-0.1, -0.05) is 25.8 Å². The van der Waals surface area contributed by atoms with E-state index in [0.717, 1.165) is 19.3 Å². The number of carbonyl (C=O) groups excluding carboxylic acids is 1. The molecule has 2 N–H and O–H groups in total. The first-order valence-electron chi connectivity index (χ1n) is 5.63. The summed E-state index contributed by atoms with van der Waals surface area (Å²) < 4.78 is 0. The van der Waals surface area contributed by atoms with Gasteiger partial charge in [0.15, 0.2) is 0 Å². The van der Waals surface area contributed by atoms with Gasteiger partial charge in [0.1, 0.15) is 5.69 Å². The van der Waals surface area contributed by atoms with Crippen molar-refractivity contribution < 1.29 is 4.79 Å². The second-order valence-corrected chi connectivity index (χ2v) is 3.95. The molecule has 88 valence electrons. The smallest absolute Gasteiger partial charge is 0.268 e. The van der Waals surface area contributed by atoms with Crippen molar-refractivity contribution in [2.45, 2.75) is 39.2 Å². The molecule has 1 aromatic rings. The zero-order chi connectivity index (χ0) is 12.0. The van der Waals surface area contributed by atoms with Crippen molar-refractivity contribution in [2.24, 2.45) is 0 Å². The molecule has 1 amide bonds. The van der Waals surface area contributed by atoms with E-state index in [9.17, 15) is 9.59 Å². The van der Waals surface area contributed by atoms with Gasteiger partial charge in [0.2, 0.25) is 5.56 Å². The predicted octanol–water partition coefficient (Wildman–Crippen LogP) is 1.68. The molecule has 16 heavy (non-hydrogen) atoms. The minimum Gasteiger partial charge on any atom is -0.348 e. The van der Waals surface area contributed by atoms with Crippen molar-refractivity contribution in [3.63, 3.8) is 0 Å². The second-order valence-electron chi connectivity index (χ2n) is 3.95. The minimum atomic E-state index is -0.256. The van der Waals surface area contributed by atoms with Gasteiger partial charge in [-0.3, -0.25) is 9.59 Å². The van der Waals surface area contributed by atoms with Crippen molar-refractivity contribution in [1.82, 2.24) is 10.3 Å². The van der Waals surface area contributed by atoms with E-state index >= 15 is 0 Å². The molecule has 0 bridgehead atoms. The van der Waals surface area contributed by atoms with Gasteiger partial charge in [-0.25, -0.2) is 0 Å². The number of aromatic nitrogens is 1. The summed E-state index contributed by atoms with van der Waals surface area (Å²) in [6.45, 7) is 4.08. The maximum Gasteiger partial charge on any atom is 0.268 e. The fraction of sp³-hybridized carbons (Fsp3) is 0.500. The third-order valence-corrected chi connectivity index (χ3v) is 2.38. The number of carbonyl (C=O) groups is 1. The van der Waals surface area contributed by atoms with E-state index in [2.05, 4.69) is 17.2 Å². The number of hydrogen-bond acceptors (Lipinski definition) is 2. The average molecular weight is 222 g/mol. The molecule has 0 spiro atoms. The molecule has 1 heterocycles. The van der Waals surface area contributed by atoms with E-state index in [1.165, 1.54) is 6.07 Å². The maximum atomic E-state index is 11.7. The summed E-state index contributed by atoms with van der Waals surface area (Å²) in [5.74, 6) is -0.221. The molecule has 1 atom stereocenters. The topological polar surface area (TPSA) is 62.0 Å². The van der Waals surface area contributed by atoms with Gasteiger partial charge >= 0.3 is 0 Å². The number of nitrogens with one attached hydrogen (secondary N) is 2. The predicted molar refractivity (Wildman–Crippen MR) is 63.5 cm³/mol. The van der Waals surface area contributed by atoms with E-state index in [-0.39, 0.29) is 17.5 Å². The molecule has 0 radical (unpaired) electrons. The molecule has 0 saturated carbocycles. The standard InChI is InChI=1S/C12H18N2O2/c1-3-4-6-9(2)13-12(16)10-7-5-8-11(15)14-10/h5,7-9H,3-4,6H2,1-2H3,(H,13,16)(H,14,15). The SMILES string of the molecule is CCCCC(C)NC(=O)c1cccc(=O)[nH]1. The molecule has 1 aromatic heterocycles. The third-order valence-electron chi connectivity index (χ3n) is 2.38. The largest absolute Gasteiger partial charge is 0.348 e. The van der Waals surface area contributed by atoms with Crippen molar-refractivity contribution in [3.05, 3.63) is 34.2 Å². The molecular weight excluding hydrogens is 204 g/mol. The highest BCUT2D eigenvalue weighted by atomic mass is 16.2. The van der Waals surface area contributed by atoms with Crippen LogP contribution >= 0.6 is 0 Å². The lowest BCUT2D eigenvalue weighted by Crippen LogP contribution is -2.33. The van der Waals surface area contributed by atoms with Gasteiger partial charge < -0.3 is 10.3 Å². The Morgan fingerprint density at radius 3 is 2.88 bits per heavy atom. The van der Waals surface area contributed by atoms with Gasteiger partial charge in [0.25, 0.3) is 5.91 Å². The molecule has 0 fully saturated rings. The van der Waals surface area contributed by atoms with Crippen LogP contribution in [0.4, 0.5) is 0 Å². The van der Waals surface area contributed by atoms with E-state index in [1.54, 1.807) is 12.1 Å². The van der Waals surface area contributed by atoms with Crippen molar-refractivity contribution in [2.75, 3.05) is 0 Å². The molecular formula is C12H18N2O2. The van der Waals surface area contributed by atoms with Crippen LogP contribution in [0.1, 0.15) is 43.6 Å². The lowest BCUT2D eigenvalue weighted by molar-refractivity contribution is 0.0932. The van der Waals surface area contributed by atoms with Gasteiger partial charge in [-0.05, 0) is 19.4 Å². The van der Waals surface area contributed by atoms with E-state index < -0.39 is 0 Å². The van der Waals surface area contributed by atoms with Crippen molar-refractivity contribution in [3.8, 4) is 0 Å². The number of unbranched alkanes of at least 4 members (excludes halogenated alkanes) is 1. The summed E-state index contributed by atoms with van der Waals surface area (Å²) in [6.07, 6.45) is 3.16. The van der Waals surface area contributed by atoms with Crippen LogP contribution in [0.5, 0.6) is 0 Å². The quantitative estimate of drug-likeness (QED) is 0.796. The molecule has 0 aromatic carbocycles. The Morgan fingerprint density at radius 1 is 1.50 bits per heavy atom. The maximum absolute atomic E-state index is 11.7. The number of hydrogen-bond donors (Lipinski definition) is 2. The molecule has 0 aliphatic carbocycles. The van der Waals surface area contributed by atoms with Crippen LogP contribution in [-0.2, 0) is 0 Å². The molecule has 1 unspecified atom stereocenters. The first kappa shape index (κ1) is 12.5. The Balaban J connectivity index is 2.55. The average Bonchev–Trinajstić information content (AvgIpc) is 2.26. The Kier molecular flexibility index (Phi) is 4.76. The summed E-state index contributed by atoms with van der Waals surface area (Å²) in [5.41, 5.74) is 0.0599. The first-order chi connectivity index (χ1) is 7.63. The molecule has 4 heteroatoms. The van der Waals surface area contributed by atoms with Crippen LogP contribution in [0, 0.1) is 0 Å². The zero-order valence-corrected chi connectivity index (χ0v) is 9.75. The number of pyridine rings is 1. The summed E-state index contributed by atoms with van der Waals surface area (Å²) >= 11 is 0. The van der Waals surface area contributed by atoms with Crippen LogP contribution in [0.2, 0.25) is 0 Å². The third kappa shape index (κ3) is 3.88. The highest BCUT2D eigenvalue weighted by Gasteiger charge is 2.09. The minimum absolute atomic E-state index is 0.135. The summed E-state index contributed by atoms with van der Waals surface area (Å²) in [5, 5.41) is 2.85. The lowest BCUT2D eigenvalue weighted by Gasteiger charge is -2.12. The zero-order valence-electron chi connectivity index (χ0n) is 9.75. The van der Waals surface area contributed by atoms with Crippen LogP contribution in [0.15, 0.2) is 23.0 Å². The van der Waals surface area contributed by atoms with Gasteiger partial charge in [-0.15, -0.1) is 0 Å². The van der Waals surface area contributed by atoms with Crippen molar-refractivity contribution in [1.29, 1.82) is 0 Å². The summed E-state index contributed by atoms with van der Waals surface area (Å²) in [7, 11) is 0. The van der Waals surface area contributed by atoms with Crippen LogP contribution in [0.3, 0.4) is 0 Å². The number of aromatic amines is 1. The molecule has 0 aliphatic rings. The summed E-state index contributed by atoms with van der Waals surface area (Å²) in [4.78, 5) is 25.2. The fourth-order valence-electron chi connectivity index (χ4n) is 1.46. The monoisotopic (exact) mass is 222 g/mol. The molecule has 4 nitrogen and oxygen atoms in total. The summed E-state index contributed by atoms with van der Waals surface area (Å²) in [6, 6.07) is 4.70. The Labute approximate surface area is 95.1 Å². The van der Waals surface area contributed by atoms with E-state index in [1.807, 2.05) is 6.92 Å². The number of H-pyrrole nitrogens is 1. The van der Waals surface area contributed by atoms with Gasteiger partial charge in [0, 0.05) is 12.1 Å². The molecule has 0 aliphatic heterocycles. The lowest BCUT2D eigenvalue weighted by atomic mass is 10.1. The van der Waals surface area contributed by atoms with Crippen LogP contribution < -0.4 is 10.9 Å². The van der Waals surface area contributed by atoms with Gasteiger partial charge in [0.05, 0.1) is 0 Å².